The molecule has 1 aliphatic rings. The summed E-state index contributed by atoms with van der Waals surface area (Å²) in [6.07, 6.45) is 1.36. The van der Waals surface area contributed by atoms with Crippen molar-refractivity contribution in [3.8, 4) is 0 Å². The lowest BCUT2D eigenvalue weighted by Crippen LogP contribution is -2.25. The normalized spacial score (nSPS) is 39.9. The molecule has 0 spiro atoms. The molecule has 3 unspecified atom stereocenters. The van der Waals surface area contributed by atoms with Crippen molar-refractivity contribution in [2.24, 2.45) is 11.7 Å². The molecule has 3 nitrogen and oxygen atoms in total. The Morgan fingerprint density at radius 1 is 1.60 bits per heavy atom. The van der Waals surface area contributed by atoms with Crippen LogP contribution in [0.5, 0.6) is 0 Å². The van der Waals surface area contributed by atoms with Gasteiger partial charge < -0.3 is 10.8 Å². The van der Waals surface area contributed by atoms with Gasteiger partial charge in [0, 0.05) is 0 Å². The number of rotatable bonds is 1. The Morgan fingerprint density at radius 2 is 2.20 bits per heavy atom. The Hall–Kier alpha value is -0.505. The molecule has 0 amide bonds. The maximum Gasteiger partial charge on any atom is 0.306 e. The molecule has 1 aliphatic carbocycles. The smallest absolute Gasteiger partial charge is 0.306 e. The SMILES string of the molecule is [B]C1C(N)CCC1C(=O)O. The minimum atomic E-state index is -0.819. The lowest BCUT2D eigenvalue weighted by molar-refractivity contribution is -0.141. The monoisotopic (exact) mass is 139 g/mol. The molecule has 54 valence electrons. The molecule has 1 fully saturated rings. The minimum Gasteiger partial charge on any atom is -0.481 e. The van der Waals surface area contributed by atoms with Gasteiger partial charge >= 0.3 is 5.97 Å². The zero-order valence-corrected chi connectivity index (χ0v) is 5.66. The predicted octanol–water partition coefficient (Wildman–Crippen LogP) is -0.235. The summed E-state index contributed by atoms with van der Waals surface area (Å²) in [5.74, 6) is -1.59. The third kappa shape index (κ3) is 1.16. The number of carbonyl (C=O) groups is 1. The lowest BCUT2D eigenvalue weighted by atomic mass is 9.77. The maximum absolute atomic E-state index is 10.4. The molecule has 0 aliphatic heterocycles. The molecule has 0 heterocycles. The van der Waals surface area contributed by atoms with Crippen LogP contribution in [-0.2, 0) is 4.79 Å². The van der Waals surface area contributed by atoms with Crippen LogP contribution in [0.3, 0.4) is 0 Å². The van der Waals surface area contributed by atoms with Crippen molar-refractivity contribution in [2.45, 2.75) is 24.7 Å². The highest BCUT2D eigenvalue weighted by molar-refractivity contribution is 6.14. The van der Waals surface area contributed by atoms with Gasteiger partial charge in [0.2, 0.25) is 0 Å². The summed E-state index contributed by atoms with van der Waals surface area (Å²) in [6.45, 7) is 0. The molecule has 2 radical (unpaired) electrons. The summed E-state index contributed by atoms with van der Waals surface area (Å²) in [5, 5.41) is 8.57. The zero-order valence-electron chi connectivity index (χ0n) is 5.66. The van der Waals surface area contributed by atoms with Crippen LogP contribution in [0, 0.1) is 5.92 Å². The second-order valence-corrected chi connectivity index (χ2v) is 2.76. The first-order valence-electron chi connectivity index (χ1n) is 3.37. The summed E-state index contributed by atoms with van der Waals surface area (Å²) >= 11 is 0. The number of hydrogen-bond acceptors (Lipinski definition) is 2. The van der Waals surface area contributed by atoms with Gasteiger partial charge in [-0.25, -0.2) is 0 Å². The highest BCUT2D eigenvalue weighted by Gasteiger charge is 2.34. The molecule has 0 aromatic heterocycles. The van der Waals surface area contributed by atoms with Gasteiger partial charge in [0.1, 0.15) is 0 Å². The summed E-state index contributed by atoms with van der Waals surface area (Å²) in [6, 6.07) is -0.124. The van der Waals surface area contributed by atoms with Crippen LogP contribution in [0.1, 0.15) is 12.8 Å². The predicted molar refractivity (Wildman–Crippen MR) is 37.8 cm³/mol. The number of hydrogen-bond donors (Lipinski definition) is 2. The van der Waals surface area contributed by atoms with E-state index in [2.05, 4.69) is 0 Å². The summed E-state index contributed by atoms with van der Waals surface area (Å²) in [5.41, 5.74) is 5.52. The topological polar surface area (TPSA) is 63.3 Å². The molecule has 3 N–H and O–H groups in total. The first-order chi connectivity index (χ1) is 4.63. The fourth-order valence-corrected chi connectivity index (χ4v) is 1.34. The molecule has 1 saturated carbocycles. The van der Waals surface area contributed by atoms with Crippen molar-refractivity contribution in [3.05, 3.63) is 0 Å². The van der Waals surface area contributed by atoms with E-state index in [9.17, 15) is 4.79 Å². The minimum absolute atomic E-state index is 0.124. The average molecular weight is 139 g/mol. The highest BCUT2D eigenvalue weighted by atomic mass is 16.4. The van der Waals surface area contributed by atoms with Crippen LogP contribution in [0.4, 0.5) is 0 Å². The molecular weight excluding hydrogens is 129 g/mol. The average Bonchev–Trinajstić information content (AvgIpc) is 2.14. The van der Waals surface area contributed by atoms with Crippen LogP contribution in [0.2, 0.25) is 5.82 Å². The van der Waals surface area contributed by atoms with E-state index in [-0.39, 0.29) is 11.9 Å². The third-order valence-corrected chi connectivity index (χ3v) is 2.09. The van der Waals surface area contributed by atoms with Crippen LogP contribution >= 0.6 is 0 Å². The van der Waals surface area contributed by atoms with Gasteiger partial charge in [-0.3, -0.25) is 4.79 Å². The molecule has 0 bridgehead atoms. The van der Waals surface area contributed by atoms with Crippen molar-refractivity contribution in [2.75, 3.05) is 0 Å². The van der Waals surface area contributed by atoms with E-state index in [4.69, 9.17) is 18.7 Å². The van der Waals surface area contributed by atoms with Gasteiger partial charge in [-0.15, -0.1) is 0 Å². The second kappa shape index (κ2) is 2.62. The summed E-state index contributed by atoms with van der Waals surface area (Å²) < 4.78 is 0. The van der Waals surface area contributed by atoms with Gasteiger partial charge in [0.05, 0.1) is 13.8 Å². The number of carboxylic acids is 1. The maximum atomic E-state index is 10.4. The summed E-state index contributed by atoms with van der Waals surface area (Å²) in [4.78, 5) is 10.4. The van der Waals surface area contributed by atoms with Crippen LogP contribution < -0.4 is 5.73 Å². The van der Waals surface area contributed by atoms with E-state index < -0.39 is 11.9 Å². The largest absolute Gasteiger partial charge is 0.481 e. The van der Waals surface area contributed by atoms with Crippen LogP contribution in [0.15, 0.2) is 0 Å². The van der Waals surface area contributed by atoms with E-state index in [0.717, 1.165) is 6.42 Å². The van der Waals surface area contributed by atoms with Gasteiger partial charge in [-0.2, -0.15) is 0 Å². The molecule has 0 aromatic carbocycles. The van der Waals surface area contributed by atoms with Crippen molar-refractivity contribution in [1.29, 1.82) is 0 Å². The molecule has 0 saturated heterocycles. The quantitative estimate of drug-likeness (QED) is 0.493. The Kier molecular flexibility index (Phi) is 1.99. The van der Waals surface area contributed by atoms with Crippen LogP contribution in [0.25, 0.3) is 0 Å². The van der Waals surface area contributed by atoms with Gasteiger partial charge in [-0.05, 0) is 24.7 Å². The van der Waals surface area contributed by atoms with Crippen LogP contribution in [-0.4, -0.2) is 25.0 Å². The molecular formula is C6H10BNO2. The van der Waals surface area contributed by atoms with Gasteiger partial charge in [0.25, 0.3) is 0 Å². The molecule has 0 aromatic rings. The summed E-state index contributed by atoms with van der Waals surface area (Å²) in [7, 11) is 5.52. The fraction of sp³-hybridized carbons (Fsp3) is 0.833. The van der Waals surface area contributed by atoms with Gasteiger partial charge in [-0.1, -0.05) is 0 Å². The third-order valence-electron chi connectivity index (χ3n) is 2.09. The Balaban J connectivity index is 2.57. The lowest BCUT2D eigenvalue weighted by Gasteiger charge is -2.13. The van der Waals surface area contributed by atoms with E-state index >= 15 is 0 Å². The first-order valence-corrected chi connectivity index (χ1v) is 3.37. The van der Waals surface area contributed by atoms with E-state index in [1.54, 1.807) is 0 Å². The highest BCUT2D eigenvalue weighted by Crippen LogP contribution is 2.33. The first kappa shape index (κ1) is 7.60. The Bertz CT molecular complexity index is 151. The molecule has 3 atom stereocenters. The standard InChI is InChI=1S/C6H10BNO2/c7-5-3(6(9)10)1-2-4(5)8/h3-5H,1-2,8H2,(H,9,10). The number of aliphatic carboxylic acids is 1. The second-order valence-electron chi connectivity index (χ2n) is 2.76. The molecule has 1 rings (SSSR count). The molecule has 4 heteroatoms. The van der Waals surface area contributed by atoms with Gasteiger partial charge in [0.15, 0.2) is 0 Å². The van der Waals surface area contributed by atoms with Crippen molar-refractivity contribution < 1.29 is 9.90 Å². The Labute approximate surface area is 61.0 Å². The fourth-order valence-electron chi connectivity index (χ4n) is 1.34. The zero-order chi connectivity index (χ0) is 7.72. The van der Waals surface area contributed by atoms with E-state index in [0.29, 0.717) is 6.42 Å². The molecule has 10 heavy (non-hydrogen) atoms. The van der Waals surface area contributed by atoms with E-state index in [1.807, 2.05) is 0 Å². The number of nitrogens with two attached hydrogens (primary N) is 1. The number of carboxylic acid groups (broad SMARTS) is 1. The van der Waals surface area contributed by atoms with Crippen molar-refractivity contribution in [3.63, 3.8) is 0 Å². The van der Waals surface area contributed by atoms with E-state index in [1.165, 1.54) is 0 Å². The van der Waals surface area contributed by atoms with Crippen molar-refractivity contribution in [1.82, 2.24) is 0 Å². The van der Waals surface area contributed by atoms with Crippen molar-refractivity contribution >= 4 is 13.8 Å². The Morgan fingerprint density at radius 3 is 2.40 bits per heavy atom.